The number of rotatable bonds is 5. The van der Waals surface area contributed by atoms with E-state index in [-0.39, 0.29) is 5.78 Å². The molecule has 0 spiro atoms. The maximum atomic E-state index is 12.8. The van der Waals surface area contributed by atoms with Gasteiger partial charge in [-0.15, -0.1) is 0 Å². The summed E-state index contributed by atoms with van der Waals surface area (Å²) in [5.41, 5.74) is 5.70. The molecular weight excluding hydrogens is 346 g/mol. The second-order valence-corrected chi connectivity index (χ2v) is 7.13. The lowest BCUT2D eigenvalue weighted by molar-refractivity contribution is 0.103. The summed E-state index contributed by atoms with van der Waals surface area (Å²) < 4.78 is 0. The fourth-order valence-corrected chi connectivity index (χ4v) is 3.51. The van der Waals surface area contributed by atoms with Crippen LogP contribution < -0.4 is 4.90 Å². The van der Waals surface area contributed by atoms with E-state index in [1.165, 1.54) is 5.69 Å². The quantitative estimate of drug-likeness (QED) is 0.672. The average molecular weight is 374 g/mol. The van der Waals surface area contributed by atoms with Crippen molar-refractivity contribution in [2.45, 2.75) is 33.7 Å². The number of hydrogen-bond donors (Lipinski definition) is 0. The normalized spacial score (nSPS) is 15.6. The Morgan fingerprint density at radius 2 is 1.68 bits per heavy atom. The van der Waals surface area contributed by atoms with E-state index in [0.717, 1.165) is 29.2 Å². The zero-order valence-corrected chi connectivity index (χ0v) is 17.2. The zero-order chi connectivity index (χ0) is 20.3. The van der Waals surface area contributed by atoms with Gasteiger partial charge in [-0.25, -0.2) is 4.99 Å². The molecule has 4 heteroatoms. The summed E-state index contributed by atoms with van der Waals surface area (Å²) >= 11 is 0. The van der Waals surface area contributed by atoms with Crippen molar-refractivity contribution < 1.29 is 4.79 Å². The van der Waals surface area contributed by atoms with Crippen LogP contribution in [0.1, 0.15) is 43.6 Å². The number of hydrogen-bond acceptors (Lipinski definition) is 4. The second kappa shape index (κ2) is 8.34. The number of anilines is 1. The van der Waals surface area contributed by atoms with Crippen LogP contribution in [0, 0.1) is 0 Å². The first-order valence-corrected chi connectivity index (χ1v) is 9.71. The van der Waals surface area contributed by atoms with Crippen LogP contribution in [0.15, 0.2) is 70.2 Å². The Bertz CT molecular complexity index is 966. The van der Waals surface area contributed by atoms with Gasteiger partial charge in [-0.2, -0.15) is 0 Å². The Hall–Kier alpha value is -3.01. The molecular formula is C24H27N3O. The summed E-state index contributed by atoms with van der Waals surface area (Å²) in [4.78, 5) is 24.2. The number of carbonyl (C=O) groups is 1. The summed E-state index contributed by atoms with van der Waals surface area (Å²) in [6, 6.07) is 16.3. The van der Waals surface area contributed by atoms with Gasteiger partial charge in [0.25, 0.3) is 0 Å². The summed E-state index contributed by atoms with van der Waals surface area (Å²) in [5, 5.41) is 0. The molecule has 0 aliphatic heterocycles. The number of aliphatic imine (C=N–C) groups is 2. The highest BCUT2D eigenvalue weighted by Gasteiger charge is 2.25. The molecule has 2 aromatic rings. The Morgan fingerprint density at radius 3 is 2.25 bits per heavy atom. The lowest BCUT2D eigenvalue weighted by Gasteiger charge is -2.27. The fourth-order valence-electron chi connectivity index (χ4n) is 3.51. The van der Waals surface area contributed by atoms with E-state index >= 15 is 0 Å². The third-order valence-electron chi connectivity index (χ3n) is 5.09. The second-order valence-electron chi connectivity index (χ2n) is 7.13. The topological polar surface area (TPSA) is 45.0 Å². The minimum atomic E-state index is 0.00326. The first kappa shape index (κ1) is 19.7. The minimum Gasteiger partial charge on any atom is -0.369 e. The van der Waals surface area contributed by atoms with E-state index < -0.39 is 0 Å². The van der Waals surface area contributed by atoms with Gasteiger partial charge >= 0.3 is 0 Å². The standard InChI is InChI=1S/C24H27N3O/c1-6-27(16(2)3)19-13-11-18(12-14-19)26-23-15-22(17(4)25-5)24(28)21-10-8-7-9-20(21)23/h7-16H,6H2,1-5H3. The van der Waals surface area contributed by atoms with Gasteiger partial charge in [-0.1, -0.05) is 24.3 Å². The lowest BCUT2D eigenvalue weighted by atomic mass is 9.87. The van der Waals surface area contributed by atoms with Crippen molar-refractivity contribution >= 4 is 28.6 Å². The molecule has 28 heavy (non-hydrogen) atoms. The SMILES string of the molecule is CCN(c1ccc(N=C2C=C(C(C)=NC)C(=O)c3ccccc32)cc1)C(C)C. The maximum absolute atomic E-state index is 12.8. The molecule has 1 aliphatic carbocycles. The molecule has 0 heterocycles. The molecule has 0 aromatic heterocycles. The fraction of sp³-hybridized carbons (Fsp3) is 0.292. The first-order valence-electron chi connectivity index (χ1n) is 9.71. The lowest BCUT2D eigenvalue weighted by Crippen LogP contribution is -2.30. The minimum absolute atomic E-state index is 0.00326. The molecule has 0 amide bonds. The number of benzene rings is 2. The molecule has 2 aromatic carbocycles. The van der Waals surface area contributed by atoms with Crippen LogP contribution in [0.5, 0.6) is 0 Å². The Balaban J connectivity index is 2.04. The number of allylic oxidation sites excluding steroid dienone is 2. The van der Waals surface area contributed by atoms with Gasteiger partial charge < -0.3 is 4.90 Å². The largest absolute Gasteiger partial charge is 0.369 e. The van der Waals surface area contributed by atoms with Gasteiger partial charge in [0.1, 0.15) is 0 Å². The van der Waals surface area contributed by atoms with Crippen molar-refractivity contribution in [1.29, 1.82) is 0 Å². The van der Waals surface area contributed by atoms with Gasteiger partial charge in [0.15, 0.2) is 5.78 Å². The van der Waals surface area contributed by atoms with Crippen molar-refractivity contribution in [3.63, 3.8) is 0 Å². The zero-order valence-electron chi connectivity index (χ0n) is 17.2. The van der Waals surface area contributed by atoms with Crippen molar-refractivity contribution in [2.24, 2.45) is 9.98 Å². The smallest absolute Gasteiger partial charge is 0.195 e. The molecule has 0 N–H and O–H groups in total. The van der Waals surface area contributed by atoms with E-state index in [4.69, 9.17) is 4.99 Å². The number of nitrogens with zero attached hydrogens (tertiary/aromatic N) is 3. The van der Waals surface area contributed by atoms with Gasteiger partial charge in [0, 0.05) is 47.7 Å². The summed E-state index contributed by atoms with van der Waals surface area (Å²) in [5.74, 6) is 0.00326. The highest BCUT2D eigenvalue weighted by atomic mass is 16.1. The third kappa shape index (κ3) is 3.81. The van der Waals surface area contributed by atoms with Crippen LogP contribution >= 0.6 is 0 Å². The molecule has 144 valence electrons. The molecule has 4 nitrogen and oxygen atoms in total. The van der Waals surface area contributed by atoms with Crippen LogP contribution in [-0.4, -0.2) is 36.8 Å². The number of carbonyl (C=O) groups excluding carboxylic acids is 1. The van der Waals surface area contributed by atoms with Crippen LogP contribution in [0.4, 0.5) is 11.4 Å². The van der Waals surface area contributed by atoms with Gasteiger partial charge in [0.2, 0.25) is 0 Å². The predicted molar refractivity (Wildman–Crippen MR) is 119 cm³/mol. The predicted octanol–water partition coefficient (Wildman–Crippen LogP) is 5.26. The van der Waals surface area contributed by atoms with Crippen LogP contribution in [0.2, 0.25) is 0 Å². The number of ketones is 1. The van der Waals surface area contributed by atoms with E-state index in [1.807, 2.05) is 49.4 Å². The van der Waals surface area contributed by atoms with Crippen LogP contribution in [-0.2, 0) is 0 Å². The van der Waals surface area contributed by atoms with E-state index in [9.17, 15) is 4.79 Å². The third-order valence-corrected chi connectivity index (χ3v) is 5.09. The average Bonchev–Trinajstić information content (AvgIpc) is 2.71. The Labute approximate surface area is 167 Å². The van der Waals surface area contributed by atoms with Crippen LogP contribution in [0.25, 0.3) is 0 Å². The maximum Gasteiger partial charge on any atom is 0.195 e. The van der Waals surface area contributed by atoms with Gasteiger partial charge in [0.05, 0.1) is 11.4 Å². The van der Waals surface area contributed by atoms with Crippen LogP contribution in [0.3, 0.4) is 0 Å². The van der Waals surface area contributed by atoms with Crippen molar-refractivity contribution in [2.75, 3.05) is 18.5 Å². The summed E-state index contributed by atoms with van der Waals surface area (Å²) in [6.45, 7) is 9.36. The van der Waals surface area contributed by atoms with E-state index in [0.29, 0.717) is 17.2 Å². The van der Waals surface area contributed by atoms with E-state index in [1.54, 1.807) is 7.05 Å². The van der Waals surface area contributed by atoms with Gasteiger partial charge in [-0.3, -0.25) is 9.79 Å². The van der Waals surface area contributed by atoms with Crippen molar-refractivity contribution in [3.8, 4) is 0 Å². The Morgan fingerprint density at radius 1 is 1.04 bits per heavy atom. The molecule has 0 fully saturated rings. The summed E-state index contributed by atoms with van der Waals surface area (Å²) in [6.07, 6.45) is 1.85. The molecule has 0 unspecified atom stereocenters. The van der Waals surface area contributed by atoms with E-state index in [2.05, 4.69) is 42.8 Å². The highest BCUT2D eigenvalue weighted by Crippen LogP contribution is 2.26. The summed E-state index contributed by atoms with van der Waals surface area (Å²) in [7, 11) is 1.70. The number of Topliss-reactive ketones (excluding diaryl/α,β-unsaturated/α-hetero) is 1. The molecule has 0 radical (unpaired) electrons. The molecule has 1 aliphatic rings. The monoisotopic (exact) mass is 373 g/mol. The van der Waals surface area contributed by atoms with Gasteiger partial charge in [-0.05, 0) is 58.0 Å². The van der Waals surface area contributed by atoms with Crippen molar-refractivity contribution in [1.82, 2.24) is 0 Å². The number of fused-ring (bicyclic) bond motifs is 1. The molecule has 0 saturated heterocycles. The highest BCUT2D eigenvalue weighted by molar-refractivity contribution is 6.36. The molecule has 0 saturated carbocycles. The van der Waals surface area contributed by atoms with Crippen molar-refractivity contribution in [3.05, 3.63) is 71.3 Å². The molecule has 3 rings (SSSR count). The molecule has 0 atom stereocenters. The Kier molecular flexibility index (Phi) is 5.88. The first-order chi connectivity index (χ1) is 13.5. The molecule has 0 bridgehead atoms.